The van der Waals surface area contributed by atoms with Gasteiger partial charge in [-0.2, -0.15) is 0 Å². The first kappa shape index (κ1) is 17.2. The van der Waals surface area contributed by atoms with Crippen LogP contribution in [0.25, 0.3) is 0 Å². The second-order valence-electron chi connectivity index (χ2n) is 6.58. The zero-order valence-electron chi connectivity index (χ0n) is 14.6. The lowest BCUT2D eigenvalue weighted by Gasteiger charge is -2.19. The Hall–Kier alpha value is -2.63. The number of carbonyl (C=O) groups is 1. The third-order valence-corrected chi connectivity index (χ3v) is 4.63. The lowest BCUT2D eigenvalue weighted by Crippen LogP contribution is -2.20. The first-order chi connectivity index (χ1) is 12.1. The highest BCUT2D eigenvalue weighted by molar-refractivity contribution is 5.94. The van der Waals surface area contributed by atoms with Gasteiger partial charge in [-0.3, -0.25) is 4.79 Å². The Bertz CT molecular complexity index is 721. The normalized spacial score (nSPS) is 15.4. The van der Waals surface area contributed by atoms with Crippen LogP contribution in [0.2, 0.25) is 0 Å². The molecular formula is C19H25N5O. The van der Waals surface area contributed by atoms with Crippen LogP contribution in [0.3, 0.4) is 0 Å². The molecule has 1 fully saturated rings. The smallest absolute Gasteiger partial charge is 0.159 e. The fourth-order valence-corrected chi connectivity index (χ4v) is 3.15. The molecule has 0 spiro atoms. The van der Waals surface area contributed by atoms with Gasteiger partial charge in [0.25, 0.3) is 0 Å². The van der Waals surface area contributed by atoms with Gasteiger partial charge in [0.05, 0.1) is 0 Å². The van der Waals surface area contributed by atoms with Crippen LogP contribution in [0.4, 0.5) is 23.0 Å². The van der Waals surface area contributed by atoms with Gasteiger partial charge < -0.3 is 16.4 Å². The molecule has 6 heteroatoms. The summed E-state index contributed by atoms with van der Waals surface area (Å²) in [4.78, 5) is 19.9. The summed E-state index contributed by atoms with van der Waals surface area (Å²) >= 11 is 0. The van der Waals surface area contributed by atoms with Gasteiger partial charge >= 0.3 is 0 Å². The Kier molecular flexibility index (Phi) is 5.48. The summed E-state index contributed by atoms with van der Waals surface area (Å²) < 4.78 is 0. The molecule has 0 atom stereocenters. The number of nitrogens with two attached hydrogens (primary N) is 1. The molecule has 1 aromatic heterocycles. The van der Waals surface area contributed by atoms with Gasteiger partial charge in [0.15, 0.2) is 17.4 Å². The molecule has 1 aliphatic carbocycles. The number of anilines is 4. The number of hydrogen-bond acceptors (Lipinski definition) is 6. The van der Waals surface area contributed by atoms with Crippen LogP contribution < -0.4 is 16.4 Å². The number of nitrogens with one attached hydrogen (secondary N) is 2. The first-order valence-electron chi connectivity index (χ1n) is 8.88. The molecule has 2 aromatic rings. The van der Waals surface area contributed by atoms with Crippen molar-refractivity contribution in [2.45, 2.75) is 51.5 Å². The average Bonchev–Trinajstić information content (AvgIpc) is 2.87. The van der Waals surface area contributed by atoms with E-state index in [0.717, 1.165) is 18.5 Å². The molecule has 6 nitrogen and oxygen atoms in total. The van der Waals surface area contributed by atoms with Crippen LogP contribution in [-0.2, 0) is 0 Å². The van der Waals surface area contributed by atoms with E-state index in [1.165, 1.54) is 32.0 Å². The SMILES string of the molecule is CC(=O)c1ccc(Nc2ncnc(NC3CCCCCC3)c2N)cc1. The number of rotatable bonds is 5. The summed E-state index contributed by atoms with van der Waals surface area (Å²) in [5.41, 5.74) is 8.28. The van der Waals surface area contributed by atoms with Gasteiger partial charge in [-0.25, -0.2) is 9.97 Å². The van der Waals surface area contributed by atoms with Crippen LogP contribution in [0.15, 0.2) is 30.6 Å². The quantitative estimate of drug-likeness (QED) is 0.560. The molecule has 0 radical (unpaired) electrons. The highest BCUT2D eigenvalue weighted by Gasteiger charge is 2.15. The number of hydrogen-bond donors (Lipinski definition) is 3. The predicted octanol–water partition coefficient (Wildman–Crippen LogP) is 4.14. The van der Waals surface area contributed by atoms with Gasteiger partial charge in [0.2, 0.25) is 0 Å². The van der Waals surface area contributed by atoms with E-state index in [4.69, 9.17) is 5.73 Å². The van der Waals surface area contributed by atoms with E-state index in [1.54, 1.807) is 19.1 Å². The van der Waals surface area contributed by atoms with Crippen molar-refractivity contribution >= 4 is 28.8 Å². The van der Waals surface area contributed by atoms with Gasteiger partial charge in [-0.05, 0) is 44.0 Å². The summed E-state index contributed by atoms with van der Waals surface area (Å²) in [6.45, 7) is 1.55. The molecule has 3 rings (SSSR count). The number of benzene rings is 1. The van der Waals surface area contributed by atoms with E-state index >= 15 is 0 Å². The van der Waals surface area contributed by atoms with Crippen molar-refractivity contribution in [1.29, 1.82) is 0 Å². The van der Waals surface area contributed by atoms with Gasteiger partial charge in [-0.1, -0.05) is 25.7 Å². The lowest BCUT2D eigenvalue weighted by molar-refractivity contribution is 0.101. The van der Waals surface area contributed by atoms with Crippen LogP contribution in [-0.4, -0.2) is 21.8 Å². The minimum Gasteiger partial charge on any atom is -0.393 e. The molecule has 0 bridgehead atoms. The number of aromatic nitrogens is 2. The number of nitrogens with zero attached hydrogens (tertiary/aromatic N) is 2. The number of carbonyl (C=O) groups excluding carboxylic acids is 1. The number of Topliss-reactive ketones (excluding diaryl/α,β-unsaturated/α-hetero) is 1. The predicted molar refractivity (Wildman–Crippen MR) is 101 cm³/mol. The van der Waals surface area contributed by atoms with E-state index in [-0.39, 0.29) is 5.78 Å². The maximum absolute atomic E-state index is 11.4. The van der Waals surface area contributed by atoms with Crippen molar-refractivity contribution < 1.29 is 4.79 Å². The molecule has 0 amide bonds. The van der Waals surface area contributed by atoms with Crippen LogP contribution in [0.5, 0.6) is 0 Å². The maximum Gasteiger partial charge on any atom is 0.159 e. The van der Waals surface area contributed by atoms with E-state index in [9.17, 15) is 4.79 Å². The molecule has 132 valence electrons. The highest BCUT2D eigenvalue weighted by atomic mass is 16.1. The van der Waals surface area contributed by atoms with Crippen LogP contribution in [0.1, 0.15) is 55.8 Å². The summed E-state index contributed by atoms with van der Waals surface area (Å²) in [5, 5.41) is 6.68. The largest absolute Gasteiger partial charge is 0.393 e. The van der Waals surface area contributed by atoms with Gasteiger partial charge in [0, 0.05) is 17.3 Å². The monoisotopic (exact) mass is 339 g/mol. The summed E-state index contributed by atoms with van der Waals surface area (Å²) in [5.74, 6) is 1.30. The topological polar surface area (TPSA) is 92.9 Å². The molecule has 0 unspecified atom stereocenters. The molecule has 4 N–H and O–H groups in total. The van der Waals surface area contributed by atoms with Crippen molar-refractivity contribution in [1.82, 2.24) is 9.97 Å². The third-order valence-electron chi connectivity index (χ3n) is 4.63. The molecular weight excluding hydrogens is 314 g/mol. The number of nitrogen functional groups attached to an aromatic ring is 1. The minimum atomic E-state index is 0.0444. The fraction of sp³-hybridized carbons (Fsp3) is 0.421. The average molecular weight is 339 g/mol. The summed E-state index contributed by atoms with van der Waals surface area (Å²) in [7, 11) is 0. The Labute approximate surface area is 148 Å². The highest BCUT2D eigenvalue weighted by Crippen LogP contribution is 2.28. The van der Waals surface area contributed by atoms with Crippen molar-refractivity contribution in [3.63, 3.8) is 0 Å². The van der Waals surface area contributed by atoms with E-state index in [2.05, 4.69) is 20.6 Å². The fourth-order valence-electron chi connectivity index (χ4n) is 3.15. The van der Waals surface area contributed by atoms with Crippen molar-refractivity contribution in [3.05, 3.63) is 36.2 Å². The van der Waals surface area contributed by atoms with Gasteiger partial charge in [-0.15, -0.1) is 0 Å². The first-order valence-corrected chi connectivity index (χ1v) is 8.88. The van der Waals surface area contributed by atoms with Gasteiger partial charge in [0.1, 0.15) is 12.0 Å². The molecule has 25 heavy (non-hydrogen) atoms. The van der Waals surface area contributed by atoms with Crippen LogP contribution in [0, 0.1) is 0 Å². The van der Waals surface area contributed by atoms with Crippen molar-refractivity contribution in [2.75, 3.05) is 16.4 Å². The molecule has 1 aromatic carbocycles. The zero-order valence-corrected chi connectivity index (χ0v) is 14.6. The second-order valence-corrected chi connectivity index (χ2v) is 6.58. The molecule has 0 saturated heterocycles. The van der Waals surface area contributed by atoms with E-state index in [1.807, 2.05) is 12.1 Å². The summed E-state index contributed by atoms with van der Waals surface area (Å²) in [6, 6.07) is 7.68. The van der Waals surface area contributed by atoms with Crippen molar-refractivity contribution in [3.8, 4) is 0 Å². The maximum atomic E-state index is 11.4. The molecule has 1 heterocycles. The van der Waals surface area contributed by atoms with E-state index < -0.39 is 0 Å². The summed E-state index contributed by atoms with van der Waals surface area (Å²) in [6.07, 6.45) is 8.92. The Morgan fingerprint density at radius 1 is 1.04 bits per heavy atom. The van der Waals surface area contributed by atoms with E-state index in [0.29, 0.717) is 28.9 Å². The molecule has 0 aliphatic heterocycles. The Morgan fingerprint density at radius 3 is 2.32 bits per heavy atom. The molecule has 1 saturated carbocycles. The second kappa shape index (κ2) is 7.96. The number of ketones is 1. The third kappa shape index (κ3) is 4.47. The standard InChI is InChI=1S/C19H25N5O/c1-13(25)14-8-10-16(11-9-14)24-19-17(20)18(21-12-22-19)23-15-6-4-2-3-5-7-15/h8-12,15H,2-7,20H2,1H3,(H2,21,22,23,24). The zero-order chi connectivity index (χ0) is 17.6. The lowest BCUT2D eigenvalue weighted by atomic mass is 10.1. The molecule has 1 aliphatic rings. The minimum absolute atomic E-state index is 0.0444. The Morgan fingerprint density at radius 2 is 1.68 bits per heavy atom. The van der Waals surface area contributed by atoms with Crippen LogP contribution >= 0.6 is 0 Å². The van der Waals surface area contributed by atoms with Crippen molar-refractivity contribution in [2.24, 2.45) is 0 Å². The Balaban J connectivity index is 1.72.